The number of fused-ring (bicyclic) bond motifs is 1. The summed E-state index contributed by atoms with van der Waals surface area (Å²) >= 11 is 0. The molecule has 1 aliphatic rings. The van der Waals surface area contributed by atoms with Crippen LogP contribution in [0.2, 0.25) is 0 Å². The van der Waals surface area contributed by atoms with Gasteiger partial charge in [0.1, 0.15) is 5.75 Å². The highest BCUT2D eigenvalue weighted by Gasteiger charge is 2.17. The first kappa shape index (κ1) is 16.1. The number of amides is 2. The summed E-state index contributed by atoms with van der Waals surface area (Å²) < 4.78 is 5.10. The number of hydrogen-bond acceptors (Lipinski definition) is 3. The van der Waals surface area contributed by atoms with Crippen LogP contribution in [-0.2, 0) is 28.9 Å². The number of carbonyl (C=O) groups excluding carboxylic acids is 2. The zero-order valence-corrected chi connectivity index (χ0v) is 13.6. The molecule has 0 aromatic heterocycles. The summed E-state index contributed by atoms with van der Waals surface area (Å²) in [6, 6.07) is 13.4. The van der Waals surface area contributed by atoms with Gasteiger partial charge in [-0.15, -0.1) is 0 Å². The fourth-order valence-electron chi connectivity index (χ4n) is 2.78. The van der Waals surface area contributed by atoms with Crippen molar-refractivity contribution in [1.29, 1.82) is 0 Å². The molecule has 124 valence electrons. The van der Waals surface area contributed by atoms with Crippen LogP contribution in [0.3, 0.4) is 0 Å². The van der Waals surface area contributed by atoms with Gasteiger partial charge in [-0.3, -0.25) is 9.59 Å². The Balaban J connectivity index is 1.46. The van der Waals surface area contributed by atoms with Crippen molar-refractivity contribution < 1.29 is 14.3 Å². The summed E-state index contributed by atoms with van der Waals surface area (Å²) in [4.78, 5) is 23.3. The minimum Gasteiger partial charge on any atom is -0.497 e. The molecular formula is C19H20N2O3. The normalized spacial score (nSPS) is 12.5. The van der Waals surface area contributed by atoms with Crippen molar-refractivity contribution in [1.82, 2.24) is 5.32 Å². The summed E-state index contributed by atoms with van der Waals surface area (Å²) in [5, 5.41) is 5.75. The highest BCUT2D eigenvalue weighted by molar-refractivity contribution is 5.99. The summed E-state index contributed by atoms with van der Waals surface area (Å²) in [6.07, 6.45) is 1.54. The van der Waals surface area contributed by atoms with Crippen molar-refractivity contribution in [2.24, 2.45) is 0 Å². The molecule has 0 saturated heterocycles. The fraction of sp³-hybridized carbons (Fsp3) is 0.263. The Kier molecular flexibility index (Phi) is 4.79. The Morgan fingerprint density at radius 1 is 1.17 bits per heavy atom. The molecule has 5 heteroatoms. The average Bonchev–Trinajstić information content (AvgIpc) is 2.95. The first-order chi connectivity index (χ1) is 11.6. The summed E-state index contributed by atoms with van der Waals surface area (Å²) in [6.45, 7) is 0.579. The summed E-state index contributed by atoms with van der Waals surface area (Å²) in [7, 11) is 1.62. The van der Waals surface area contributed by atoms with E-state index in [9.17, 15) is 9.59 Å². The molecule has 1 aliphatic heterocycles. The number of benzene rings is 2. The van der Waals surface area contributed by atoms with Crippen LogP contribution in [0.4, 0.5) is 5.69 Å². The number of nitrogens with one attached hydrogen (secondary N) is 2. The molecule has 0 aliphatic carbocycles. The van der Waals surface area contributed by atoms with Crippen LogP contribution in [0.1, 0.15) is 16.7 Å². The Hall–Kier alpha value is -2.82. The highest BCUT2D eigenvalue weighted by Crippen LogP contribution is 2.23. The monoisotopic (exact) mass is 324 g/mol. The van der Waals surface area contributed by atoms with Crippen molar-refractivity contribution in [3.63, 3.8) is 0 Å². The van der Waals surface area contributed by atoms with Crippen molar-refractivity contribution in [3.8, 4) is 5.75 Å². The van der Waals surface area contributed by atoms with Gasteiger partial charge >= 0.3 is 0 Å². The van der Waals surface area contributed by atoms with E-state index >= 15 is 0 Å². The zero-order chi connectivity index (χ0) is 16.9. The molecule has 2 amide bonds. The van der Waals surface area contributed by atoms with Gasteiger partial charge in [-0.25, -0.2) is 0 Å². The second-order valence-electron chi connectivity index (χ2n) is 5.84. The van der Waals surface area contributed by atoms with Gasteiger partial charge in [0.25, 0.3) is 0 Å². The van der Waals surface area contributed by atoms with E-state index in [0.29, 0.717) is 19.4 Å². The number of ether oxygens (including phenoxy) is 1. The van der Waals surface area contributed by atoms with E-state index in [1.165, 1.54) is 0 Å². The van der Waals surface area contributed by atoms with Crippen LogP contribution in [0.15, 0.2) is 42.5 Å². The predicted octanol–water partition coefficient (Wildman–Crippen LogP) is 2.09. The van der Waals surface area contributed by atoms with Crippen LogP contribution >= 0.6 is 0 Å². The van der Waals surface area contributed by atoms with Crippen LogP contribution < -0.4 is 15.4 Å². The minimum atomic E-state index is -0.00169. The molecule has 2 N–H and O–H groups in total. The summed E-state index contributed by atoms with van der Waals surface area (Å²) in [5.41, 5.74) is 4.00. The number of hydrogen-bond donors (Lipinski definition) is 2. The van der Waals surface area contributed by atoms with Gasteiger partial charge in [0.05, 0.1) is 20.0 Å². The molecule has 2 aromatic rings. The van der Waals surface area contributed by atoms with E-state index in [2.05, 4.69) is 10.6 Å². The molecular weight excluding hydrogens is 304 g/mol. The van der Waals surface area contributed by atoms with Gasteiger partial charge in [0, 0.05) is 12.2 Å². The van der Waals surface area contributed by atoms with Crippen molar-refractivity contribution >= 4 is 17.5 Å². The molecule has 0 saturated carbocycles. The Morgan fingerprint density at radius 2 is 1.92 bits per heavy atom. The third-order valence-corrected chi connectivity index (χ3v) is 4.05. The second kappa shape index (κ2) is 7.17. The molecule has 0 fully saturated rings. The standard InChI is InChI=1S/C19H20N2O3/c1-24-16-5-2-13(3-6-16)11-18(22)20-9-8-14-4-7-17-15(10-14)12-19(23)21-17/h2-7,10H,8-9,11-12H2,1H3,(H,20,22)(H,21,23). The Morgan fingerprint density at radius 3 is 2.67 bits per heavy atom. The highest BCUT2D eigenvalue weighted by atomic mass is 16.5. The Labute approximate surface area is 141 Å². The van der Waals surface area contributed by atoms with Gasteiger partial charge in [0.2, 0.25) is 11.8 Å². The molecule has 24 heavy (non-hydrogen) atoms. The molecule has 0 radical (unpaired) electrons. The van der Waals surface area contributed by atoms with Gasteiger partial charge in [-0.2, -0.15) is 0 Å². The molecule has 1 heterocycles. The van der Waals surface area contributed by atoms with Crippen LogP contribution in [0, 0.1) is 0 Å². The second-order valence-corrected chi connectivity index (χ2v) is 5.84. The van der Waals surface area contributed by atoms with E-state index in [0.717, 1.165) is 34.5 Å². The lowest BCUT2D eigenvalue weighted by atomic mass is 10.1. The maximum atomic E-state index is 12.0. The van der Waals surface area contributed by atoms with Crippen molar-refractivity contribution in [3.05, 3.63) is 59.2 Å². The average molecular weight is 324 g/mol. The van der Waals surface area contributed by atoms with E-state index < -0.39 is 0 Å². The lowest BCUT2D eigenvalue weighted by molar-refractivity contribution is -0.120. The largest absolute Gasteiger partial charge is 0.497 e. The fourth-order valence-corrected chi connectivity index (χ4v) is 2.78. The third-order valence-electron chi connectivity index (χ3n) is 4.05. The van der Waals surface area contributed by atoms with E-state index in [-0.39, 0.29) is 11.8 Å². The van der Waals surface area contributed by atoms with Gasteiger partial charge in [-0.05, 0) is 41.3 Å². The molecule has 5 nitrogen and oxygen atoms in total. The molecule has 2 aromatic carbocycles. The lowest BCUT2D eigenvalue weighted by Gasteiger charge is -2.07. The van der Waals surface area contributed by atoms with Gasteiger partial charge < -0.3 is 15.4 Å². The number of carbonyl (C=O) groups is 2. The SMILES string of the molecule is COc1ccc(CC(=O)NCCc2ccc3c(c2)CC(=O)N3)cc1. The predicted molar refractivity (Wildman–Crippen MR) is 92.2 cm³/mol. The van der Waals surface area contributed by atoms with Crippen LogP contribution in [0.25, 0.3) is 0 Å². The van der Waals surface area contributed by atoms with Crippen LogP contribution in [0.5, 0.6) is 5.75 Å². The van der Waals surface area contributed by atoms with E-state index in [1.54, 1.807) is 7.11 Å². The molecule has 3 rings (SSSR count). The van der Waals surface area contributed by atoms with E-state index in [4.69, 9.17) is 4.74 Å². The molecule has 0 bridgehead atoms. The first-order valence-electron chi connectivity index (χ1n) is 7.95. The maximum Gasteiger partial charge on any atom is 0.228 e. The molecule has 0 spiro atoms. The number of anilines is 1. The zero-order valence-electron chi connectivity index (χ0n) is 13.6. The maximum absolute atomic E-state index is 12.0. The quantitative estimate of drug-likeness (QED) is 0.855. The lowest BCUT2D eigenvalue weighted by Crippen LogP contribution is -2.27. The van der Waals surface area contributed by atoms with Crippen molar-refractivity contribution in [2.75, 3.05) is 19.0 Å². The number of rotatable bonds is 6. The van der Waals surface area contributed by atoms with Crippen LogP contribution in [-0.4, -0.2) is 25.5 Å². The molecule has 0 atom stereocenters. The third kappa shape index (κ3) is 3.93. The summed E-state index contributed by atoms with van der Waals surface area (Å²) in [5.74, 6) is 0.817. The topological polar surface area (TPSA) is 67.4 Å². The van der Waals surface area contributed by atoms with Gasteiger partial charge in [-0.1, -0.05) is 24.3 Å². The first-order valence-corrected chi connectivity index (χ1v) is 7.95. The van der Waals surface area contributed by atoms with Crippen molar-refractivity contribution in [2.45, 2.75) is 19.3 Å². The Bertz CT molecular complexity index is 754. The minimum absolute atomic E-state index is 0.00169. The van der Waals surface area contributed by atoms with Gasteiger partial charge in [0.15, 0.2) is 0 Å². The number of methoxy groups -OCH3 is 1. The molecule has 0 unspecified atom stereocenters. The smallest absolute Gasteiger partial charge is 0.228 e. The van der Waals surface area contributed by atoms with E-state index in [1.807, 2.05) is 42.5 Å².